The number of nitrogens with two attached hydrogens (primary N) is 1. The van der Waals surface area contributed by atoms with Crippen LogP contribution in [0.3, 0.4) is 0 Å². The summed E-state index contributed by atoms with van der Waals surface area (Å²) in [4.78, 5) is 31.0. The Morgan fingerprint density at radius 1 is 0.974 bits per heavy atom. The molecule has 1 aliphatic heterocycles. The number of rotatable bonds is 7. The zero-order valence-electron chi connectivity index (χ0n) is 22.1. The van der Waals surface area contributed by atoms with Crippen molar-refractivity contribution in [3.63, 3.8) is 0 Å². The highest BCUT2D eigenvalue weighted by Gasteiger charge is 2.30. The number of ether oxygens (including phenoxy) is 2. The Labute approximate surface area is 226 Å². The number of nitrogens with one attached hydrogen (secondary N) is 1. The second-order valence-corrected chi connectivity index (χ2v) is 9.95. The molecule has 6 rings (SSSR count). The van der Waals surface area contributed by atoms with Crippen LogP contribution in [-0.2, 0) is 11.3 Å². The normalized spacial score (nSPS) is 12.9. The number of hydrogen-bond acceptors (Lipinski definition) is 4. The third-order valence-corrected chi connectivity index (χ3v) is 7.50. The average molecular weight is 520 g/mol. The molecule has 1 aliphatic rings. The van der Waals surface area contributed by atoms with E-state index in [1.165, 1.54) is 0 Å². The summed E-state index contributed by atoms with van der Waals surface area (Å²) in [5, 5.41) is 1.85. The molecule has 0 spiro atoms. The van der Waals surface area contributed by atoms with E-state index in [4.69, 9.17) is 15.2 Å². The van der Waals surface area contributed by atoms with Crippen molar-refractivity contribution in [1.82, 2.24) is 4.98 Å². The summed E-state index contributed by atoms with van der Waals surface area (Å²) >= 11 is 0. The second-order valence-electron chi connectivity index (χ2n) is 9.95. The van der Waals surface area contributed by atoms with Crippen molar-refractivity contribution >= 4 is 39.3 Å². The average Bonchev–Trinajstić information content (AvgIpc) is 3.46. The van der Waals surface area contributed by atoms with Gasteiger partial charge in [0, 0.05) is 35.2 Å². The first-order valence-electron chi connectivity index (χ1n) is 12.9. The summed E-state index contributed by atoms with van der Waals surface area (Å²) in [5.41, 5.74) is 14.3. The SMILES string of the molecule is COCCOc1ccc2c(c1)[nH]c1c(C(N)=O)ccc(-c3cccc(N4Cc5ccc(C)cc5C4=O)c3C)c12. The molecular weight excluding hydrogens is 490 g/mol. The lowest BCUT2D eigenvalue weighted by Gasteiger charge is -2.21. The number of benzene rings is 4. The summed E-state index contributed by atoms with van der Waals surface area (Å²) < 4.78 is 10.9. The van der Waals surface area contributed by atoms with Crippen molar-refractivity contribution in [2.75, 3.05) is 25.2 Å². The number of nitrogens with zero attached hydrogens (tertiary/aromatic N) is 1. The second kappa shape index (κ2) is 9.60. The van der Waals surface area contributed by atoms with E-state index >= 15 is 0 Å². The molecule has 7 nitrogen and oxygen atoms in total. The molecule has 0 saturated heterocycles. The van der Waals surface area contributed by atoms with Crippen molar-refractivity contribution in [3.05, 3.63) is 94.5 Å². The quantitative estimate of drug-likeness (QED) is 0.262. The monoisotopic (exact) mass is 519 g/mol. The van der Waals surface area contributed by atoms with Crippen LogP contribution in [0, 0.1) is 13.8 Å². The molecule has 5 aromatic rings. The van der Waals surface area contributed by atoms with E-state index in [0.29, 0.717) is 36.6 Å². The number of fused-ring (bicyclic) bond motifs is 4. The van der Waals surface area contributed by atoms with Crippen molar-refractivity contribution in [2.45, 2.75) is 20.4 Å². The van der Waals surface area contributed by atoms with Gasteiger partial charge in [-0.15, -0.1) is 0 Å². The molecule has 2 amide bonds. The van der Waals surface area contributed by atoms with E-state index in [1.807, 2.05) is 73.3 Å². The minimum atomic E-state index is -0.504. The Balaban J connectivity index is 1.49. The maximum absolute atomic E-state index is 13.4. The number of H-pyrrole nitrogens is 1. The number of hydrogen-bond donors (Lipinski definition) is 2. The largest absolute Gasteiger partial charge is 0.491 e. The summed E-state index contributed by atoms with van der Waals surface area (Å²) in [7, 11) is 1.63. The smallest absolute Gasteiger partial charge is 0.258 e. The van der Waals surface area contributed by atoms with Gasteiger partial charge in [0.1, 0.15) is 12.4 Å². The van der Waals surface area contributed by atoms with E-state index in [9.17, 15) is 9.59 Å². The molecule has 2 heterocycles. The van der Waals surface area contributed by atoms with Gasteiger partial charge >= 0.3 is 0 Å². The molecule has 0 radical (unpaired) electrons. The van der Waals surface area contributed by atoms with Crippen LogP contribution in [0.15, 0.2) is 66.7 Å². The zero-order chi connectivity index (χ0) is 27.3. The molecule has 39 heavy (non-hydrogen) atoms. The van der Waals surface area contributed by atoms with Gasteiger partial charge in [-0.05, 0) is 66.4 Å². The fourth-order valence-corrected chi connectivity index (χ4v) is 5.57. The summed E-state index contributed by atoms with van der Waals surface area (Å²) in [6.45, 7) is 5.49. The number of anilines is 1. The van der Waals surface area contributed by atoms with Crippen LogP contribution < -0.4 is 15.4 Å². The third kappa shape index (κ3) is 4.11. The number of carbonyl (C=O) groups is 2. The standard InChI is InChI=1S/C32H29N3O4/c1-18-7-8-20-17-35(32(37)26(20)15-18)28-6-4-5-22(19(28)2)23-11-12-25(31(33)36)30-29(23)24-10-9-21(16-27(24)34-30)39-14-13-38-3/h4-12,15-16,34H,13-14,17H2,1-3H3,(H2,33,36). The van der Waals surface area contributed by atoms with Gasteiger partial charge in [-0.1, -0.05) is 35.9 Å². The lowest BCUT2D eigenvalue weighted by Crippen LogP contribution is -2.24. The predicted molar refractivity (Wildman–Crippen MR) is 154 cm³/mol. The van der Waals surface area contributed by atoms with E-state index in [2.05, 4.69) is 11.1 Å². The summed E-state index contributed by atoms with van der Waals surface area (Å²) in [6, 6.07) is 21.6. The van der Waals surface area contributed by atoms with Gasteiger partial charge in [-0.25, -0.2) is 0 Å². The first-order chi connectivity index (χ1) is 18.9. The van der Waals surface area contributed by atoms with E-state index in [1.54, 1.807) is 13.2 Å². The lowest BCUT2D eigenvalue weighted by molar-refractivity contribution is 0.0990. The van der Waals surface area contributed by atoms with Crippen molar-refractivity contribution in [2.24, 2.45) is 5.73 Å². The minimum absolute atomic E-state index is 0.0104. The molecular formula is C32H29N3O4. The highest BCUT2D eigenvalue weighted by atomic mass is 16.5. The number of aromatic nitrogens is 1. The maximum atomic E-state index is 13.4. The number of amides is 2. The molecule has 7 heteroatoms. The summed E-state index contributed by atoms with van der Waals surface area (Å²) in [6.07, 6.45) is 0. The van der Waals surface area contributed by atoms with Crippen LogP contribution in [0.5, 0.6) is 5.75 Å². The van der Waals surface area contributed by atoms with Crippen LogP contribution in [-0.4, -0.2) is 37.1 Å². The van der Waals surface area contributed by atoms with Gasteiger partial charge in [0.05, 0.1) is 29.7 Å². The van der Waals surface area contributed by atoms with Crippen LogP contribution >= 0.6 is 0 Å². The van der Waals surface area contributed by atoms with Crippen LogP contribution in [0.1, 0.15) is 37.4 Å². The minimum Gasteiger partial charge on any atom is -0.491 e. The molecule has 0 saturated carbocycles. The Hall–Kier alpha value is -4.62. The van der Waals surface area contributed by atoms with E-state index in [-0.39, 0.29) is 5.91 Å². The predicted octanol–water partition coefficient (Wildman–Crippen LogP) is 5.89. The van der Waals surface area contributed by atoms with Gasteiger partial charge < -0.3 is 25.1 Å². The van der Waals surface area contributed by atoms with Gasteiger partial charge in [-0.2, -0.15) is 0 Å². The molecule has 0 bridgehead atoms. The fraction of sp³-hybridized carbons (Fsp3) is 0.188. The molecule has 0 unspecified atom stereocenters. The number of methoxy groups -OCH3 is 1. The van der Waals surface area contributed by atoms with Gasteiger partial charge in [0.25, 0.3) is 11.8 Å². The highest BCUT2D eigenvalue weighted by Crippen LogP contribution is 2.41. The summed E-state index contributed by atoms with van der Waals surface area (Å²) in [5.74, 6) is 0.209. The molecule has 0 fully saturated rings. The molecule has 196 valence electrons. The Morgan fingerprint density at radius 2 is 1.82 bits per heavy atom. The van der Waals surface area contributed by atoms with E-state index < -0.39 is 5.91 Å². The Kier molecular flexibility index (Phi) is 6.08. The third-order valence-electron chi connectivity index (χ3n) is 7.50. The first kappa shape index (κ1) is 24.7. The highest BCUT2D eigenvalue weighted by molar-refractivity contribution is 6.20. The molecule has 1 aromatic heterocycles. The zero-order valence-corrected chi connectivity index (χ0v) is 22.1. The van der Waals surface area contributed by atoms with Crippen molar-refractivity contribution in [1.29, 1.82) is 0 Å². The first-order valence-corrected chi connectivity index (χ1v) is 12.9. The Morgan fingerprint density at radius 3 is 2.62 bits per heavy atom. The number of aryl methyl sites for hydroxylation is 1. The number of aromatic amines is 1. The Bertz CT molecular complexity index is 1790. The molecule has 4 aromatic carbocycles. The van der Waals surface area contributed by atoms with Crippen LogP contribution in [0.25, 0.3) is 32.9 Å². The maximum Gasteiger partial charge on any atom is 0.258 e. The van der Waals surface area contributed by atoms with Crippen LogP contribution in [0.2, 0.25) is 0 Å². The lowest BCUT2D eigenvalue weighted by atomic mass is 9.93. The molecule has 3 N–H and O–H groups in total. The van der Waals surface area contributed by atoms with E-state index in [0.717, 1.165) is 55.4 Å². The van der Waals surface area contributed by atoms with Gasteiger partial charge in [-0.3, -0.25) is 9.59 Å². The molecule has 0 atom stereocenters. The van der Waals surface area contributed by atoms with Gasteiger partial charge in [0.2, 0.25) is 0 Å². The number of primary amides is 1. The number of carbonyl (C=O) groups excluding carboxylic acids is 2. The molecule has 0 aliphatic carbocycles. The van der Waals surface area contributed by atoms with Gasteiger partial charge in [0.15, 0.2) is 0 Å². The van der Waals surface area contributed by atoms with Crippen LogP contribution in [0.4, 0.5) is 5.69 Å². The topological polar surface area (TPSA) is 97.7 Å². The van der Waals surface area contributed by atoms with Crippen molar-refractivity contribution < 1.29 is 19.1 Å². The fourth-order valence-electron chi connectivity index (χ4n) is 5.57. The van der Waals surface area contributed by atoms with Crippen molar-refractivity contribution in [3.8, 4) is 16.9 Å².